The van der Waals surface area contributed by atoms with E-state index in [2.05, 4.69) is 0 Å². The lowest BCUT2D eigenvalue weighted by Gasteiger charge is -2.28. The summed E-state index contributed by atoms with van der Waals surface area (Å²) in [7, 11) is -3.89. The highest BCUT2D eigenvalue weighted by Crippen LogP contribution is 2.33. The molecule has 0 saturated carbocycles. The van der Waals surface area contributed by atoms with Gasteiger partial charge in [0.2, 0.25) is 10.0 Å². The normalized spacial score (nSPS) is 29.5. The molecule has 7 heteroatoms. The zero-order valence-electron chi connectivity index (χ0n) is 8.97. The van der Waals surface area contributed by atoms with Crippen molar-refractivity contribution in [3.63, 3.8) is 0 Å². The Morgan fingerprint density at radius 3 is 2.65 bits per heavy atom. The molecule has 17 heavy (non-hydrogen) atoms. The zero-order chi connectivity index (χ0) is 12.7. The van der Waals surface area contributed by atoms with Gasteiger partial charge in [-0.1, -0.05) is 18.2 Å². The van der Waals surface area contributed by atoms with Crippen LogP contribution in [0.25, 0.3) is 0 Å². The lowest BCUT2D eigenvalue weighted by molar-refractivity contribution is 0.177. The smallest absolute Gasteiger partial charge is 0.216 e. The summed E-state index contributed by atoms with van der Waals surface area (Å²) in [6, 6.07) is 5.76. The molecule has 4 N–H and O–H groups in total. The van der Waals surface area contributed by atoms with Crippen LogP contribution in [0.1, 0.15) is 5.56 Å². The summed E-state index contributed by atoms with van der Waals surface area (Å²) in [6.45, 7) is -0.196. The van der Waals surface area contributed by atoms with E-state index >= 15 is 0 Å². The first kappa shape index (κ1) is 12.4. The molecule has 94 valence electrons. The average molecular weight is 260 g/mol. The number of halogens is 1. The molecular weight excluding hydrogens is 247 g/mol. The standard InChI is InChI=1S/C10H13FN2O3S/c11-8-4-2-1-3-7(8)10(12)6-16-5-9(10)17(13,14)15/h1-4,9H,5-6,12H2,(H2,13,14,15). The predicted octanol–water partition coefficient (Wildman–Crippen LogP) is -0.333. The van der Waals surface area contributed by atoms with E-state index < -0.39 is 26.6 Å². The maximum absolute atomic E-state index is 13.7. The lowest BCUT2D eigenvalue weighted by atomic mass is 9.89. The molecule has 2 unspecified atom stereocenters. The summed E-state index contributed by atoms with van der Waals surface area (Å²) in [5.41, 5.74) is 4.66. The predicted molar refractivity (Wildman–Crippen MR) is 60.0 cm³/mol. The van der Waals surface area contributed by atoms with Crippen molar-refractivity contribution in [3.05, 3.63) is 35.6 Å². The van der Waals surface area contributed by atoms with Gasteiger partial charge in [0.25, 0.3) is 0 Å². The van der Waals surface area contributed by atoms with Gasteiger partial charge in [-0.15, -0.1) is 0 Å². The van der Waals surface area contributed by atoms with Gasteiger partial charge in [0.1, 0.15) is 11.1 Å². The molecule has 0 amide bonds. The first-order valence-electron chi connectivity index (χ1n) is 4.99. The quantitative estimate of drug-likeness (QED) is 0.761. The highest BCUT2D eigenvalue weighted by molar-refractivity contribution is 7.89. The summed E-state index contributed by atoms with van der Waals surface area (Å²) in [5.74, 6) is -0.561. The highest BCUT2D eigenvalue weighted by atomic mass is 32.2. The van der Waals surface area contributed by atoms with Crippen molar-refractivity contribution >= 4 is 10.0 Å². The fourth-order valence-electron chi connectivity index (χ4n) is 2.05. The molecule has 1 aliphatic heterocycles. The van der Waals surface area contributed by atoms with Crippen molar-refractivity contribution in [1.82, 2.24) is 0 Å². The van der Waals surface area contributed by atoms with Gasteiger partial charge in [0.05, 0.1) is 18.8 Å². The minimum Gasteiger partial charge on any atom is -0.378 e. The Kier molecular flexibility index (Phi) is 2.94. The first-order valence-corrected chi connectivity index (χ1v) is 6.60. The third kappa shape index (κ3) is 2.06. The number of nitrogens with two attached hydrogens (primary N) is 2. The van der Waals surface area contributed by atoms with Crippen LogP contribution in [0.5, 0.6) is 0 Å². The van der Waals surface area contributed by atoms with Crippen LogP contribution in [0, 0.1) is 5.82 Å². The van der Waals surface area contributed by atoms with Crippen molar-refractivity contribution < 1.29 is 17.5 Å². The third-order valence-corrected chi connectivity index (χ3v) is 4.31. The Labute approximate surface area is 98.6 Å². The van der Waals surface area contributed by atoms with Gasteiger partial charge in [0.15, 0.2) is 0 Å². The number of hydrogen-bond acceptors (Lipinski definition) is 4. The van der Waals surface area contributed by atoms with E-state index in [4.69, 9.17) is 15.6 Å². The molecule has 0 bridgehead atoms. The summed E-state index contributed by atoms with van der Waals surface area (Å²) in [4.78, 5) is 0. The Hall–Kier alpha value is -1.02. The number of rotatable bonds is 2. The average Bonchev–Trinajstić information content (AvgIpc) is 2.61. The molecule has 2 atom stereocenters. The van der Waals surface area contributed by atoms with Crippen molar-refractivity contribution in [3.8, 4) is 0 Å². The number of hydrogen-bond donors (Lipinski definition) is 2. The summed E-state index contributed by atoms with van der Waals surface area (Å²) < 4.78 is 41.6. The highest BCUT2D eigenvalue weighted by Gasteiger charge is 2.49. The molecule has 1 aromatic rings. The Bertz CT molecular complexity index is 534. The molecular formula is C10H13FN2O3S. The van der Waals surface area contributed by atoms with Gasteiger partial charge in [-0.25, -0.2) is 17.9 Å². The number of ether oxygens (including phenoxy) is 1. The minimum atomic E-state index is -3.89. The molecule has 0 aromatic heterocycles. The molecule has 1 fully saturated rings. The second kappa shape index (κ2) is 4.02. The fraction of sp³-hybridized carbons (Fsp3) is 0.400. The Balaban J connectivity index is 2.53. The number of primary sulfonamides is 1. The topological polar surface area (TPSA) is 95.4 Å². The van der Waals surface area contributed by atoms with Gasteiger partial charge in [0, 0.05) is 5.56 Å². The van der Waals surface area contributed by atoms with E-state index in [-0.39, 0.29) is 18.8 Å². The van der Waals surface area contributed by atoms with E-state index in [1.807, 2.05) is 0 Å². The van der Waals surface area contributed by atoms with Crippen LogP contribution >= 0.6 is 0 Å². The SMILES string of the molecule is NC1(c2ccccc2F)COCC1S(N)(=O)=O. The van der Waals surface area contributed by atoms with Crippen molar-refractivity contribution in [2.24, 2.45) is 10.9 Å². The van der Waals surface area contributed by atoms with E-state index in [1.54, 1.807) is 6.07 Å². The van der Waals surface area contributed by atoms with Crippen molar-refractivity contribution in [2.45, 2.75) is 10.8 Å². The molecule has 0 radical (unpaired) electrons. The molecule has 0 aliphatic carbocycles. The van der Waals surface area contributed by atoms with Crippen molar-refractivity contribution in [1.29, 1.82) is 0 Å². The van der Waals surface area contributed by atoms with Gasteiger partial charge in [-0.3, -0.25) is 0 Å². The van der Waals surface area contributed by atoms with E-state index in [1.165, 1.54) is 18.2 Å². The number of sulfonamides is 1. The van der Waals surface area contributed by atoms with Crippen LogP contribution in [0.4, 0.5) is 4.39 Å². The molecule has 5 nitrogen and oxygen atoms in total. The zero-order valence-corrected chi connectivity index (χ0v) is 9.78. The molecule has 2 rings (SSSR count). The Morgan fingerprint density at radius 2 is 2.06 bits per heavy atom. The summed E-state index contributed by atoms with van der Waals surface area (Å²) in [6.07, 6.45) is 0. The van der Waals surface area contributed by atoms with Crippen LogP contribution in [0.3, 0.4) is 0 Å². The molecule has 1 heterocycles. The van der Waals surface area contributed by atoms with E-state index in [9.17, 15) is 12.8 Å². The second-order valence-corrected chi connectivity index (χ2v) is 5.86. The molecule has 1 aromatic carbocycles. The maximum atomic E-state index is 13.7. The summed E-state index contributed by atoms with van der Waals surface area (Å²) in [5, 5.41) is 3.96. The first-order chi connectivity index (χ1) is 7.86. The minimum absolute atomic E-state index is 0.0744. The largest absolute Gasteiger partial charge is 0.378 e. The van der Waals surface area contributed by atoms with Crippen LogP contribution in [0.2, 0.25) is 0 Å². The molecule has 0 spiro atoms. The van der Waals surface area contributed by atoms with Gasteiger partial charge < -0.3 is 10.5 Å². The van der Waals surface area contributed by atoms with Crippen LogP contribution < -0.4 is 10.9 Å². The van der Waals surface area contributed by atoms with Crippen molar-refractivity contribution in [2.75, 3.05) is 13.2 Å². The van der Waals surface area contributed by atoms with E-state index in [0.29, 0.717) is 0 Å². The van der Waals surface area contributed by atoms with E-state index in [0.717, 1.165) is 0 Å². The van der Waals surface area contributed by atoms with Crippen LogP contribution in [0.15, 0.2) is 24.3 Å². The second-order valence-electron chi connectivity index (χ2n) is 4.11. The molecule has 1 saturated heterocycles. The van der Waals surface area contributed by atoms with Gasteiger partial charge in [-0.2, -0.15) is 0 Å². The van der Waals surface area contributed by atoms with Crippen LogP contribution in [-0.4, -0.2) is 26.9 Å². The number of benzene rings is 1. The van der Waals surface area contributed by atoms with Gasteiger partial charge in [-0.05, 0) is 6.07 Å². The Morgan fingerprint density at radius 1 is 1.41 bits per heavy atom. The fourth-order valence-corrected chi connectivity index (χ4v) is 3.12. The molecule has 1 aliphatic rings. The lowest BCUT2D eigenvalue weighted by Crippen LogP contribution is -2.53. The third-order valence-electron chi connectivity index (χ3n) is 2.96. The van der Waals surface area contributed by atoms with Crippen LogP contribution in [-0.2, 0) is 20.3 Å². The summed E-state index contributed by atoms with van der Waals surface area (Å²) >= 11 is 0. The maximum Gasteiger partial charge on any atom is 0.216 e. The van der Waals surface area contributed by atoms with Gasteiger partial charge >= 0.3 is 0 Å². The monoisotopic (exact) mass is 260 g/mol.